The fourth-order valence-electron chi connectivity index (χ4n) is 1.52. The van der Waals surface area contributed by atoms with Crippen molar-refractivity contribution < 1.29 is 23.1 Å². The van der Waals surface area contributed by atoms with Crippen molar-refractivity contribution >= 4 is 11.5 Å². The lowest BCUT2D eigenvalue weighted by Crippen LogP contribution is -2.17. The van der Waals surface area contributed by atoms with Crippen LogP contribution in [0.25, 0.3) is 0 Å². The topological polar surface area (TPSA) is 79.9 Å². The van der Waals surface area contributed by atoms with Gasteiger partial charge in [-0.15, -0.1) is 13.2 Å². The van der Waals surface area contributed by atoms with Crippen molar-refractivity contribution in [2.45, 2.75) is 25.6 Å². The second-order valence-corrected chi connectivity index (χ2v) is 4.05. The predicted octanol–water partition coefficient (Wildman–Crippen LogP) is 2.91. The Kier molecular flexibility index (Phi) is 5.95. The molecule has 1 aromatic rings. The molecule has 0 aliphatic carbocycles. The molecule has 8 heteroatoms. The second-order valence-electron chi connectivity index (χ2n) is 4.05. The van der Waals surface area contributed by atoms with Gasteiger partial charge in [0.15, 0.2) is 0 Å². The van der Waals surface area contributed by atoms with Crippen LogP contribution < -0.4 is 15.8 Å². The quantitative estimate of drug-likeness (QED) is 0.237. The number of halogens is 3. The van der Waals surface area contributed by atoms with Crippen LogP contribution in [0.1, 0.15) is 19.3 Å². The Morgan fingerprint density at radius 3 is 2.75 bits per heavy atom. The summed E-state index contributed by atoms with van der Waals surface area (Å²) in [4.78, 5) is 0. The average Bonchev–Trinajstić information content (AvgIpc) is 2.36. The highest BCUT2D eigenvalue weighted by atomic mass is 19.4. The van der Waals surface area contributed by atoms with E-state index in [1.165, 1.54) is 18.2 Å². The number of nitrogens with two attached hydrogens (primary N) is 1. The van der Waals surface area contributed by atoms with Gasteiger partial charge in [0.1, 0.15) is 11.6 Å². The zero-order valence-electron chi connectivity index (χ0n) is 10.7. The van der Waals surface area contributed by atoms with Gasteiger partial charge in [-0.25, -0.2) is 0 Å². The number of benzene rings is 1. The van der Waals surface area contributed by atoms with E-state index >= 15 is 0 Å². The van der Waals surface area contributed by atoms with Crippen LogP contribution in [0, 0.1) is 0 Å². The fourth-order valence-corrected chi connectivity index (χ4v) is 1.52. The number of amidine groups is 1. The number of unbranched alkanes of at least 4 members (excludes halogenated alkanes) is 1. The monoisotopic (exact) mass is 291 g/mol. The maximum atomic E-state index is 12.0. The number of nitrogens with zero attached hydrogens (tertiary/aromatic N) is 1. The van der Waals surface area contributed by atoms with Crippen LogP contribution in [0.2, 0.25) is 0 Å². The van der Waals surface area contributed by atoms with Crippen molar-refractivity contribution in [3.8, 4) is 5.75 Å². The highest BCUT2D eigenvalue weighted by Crippen LogP contribution is 2.24. The van der Waals surface area contributed by atoms with Gasteiger partial charge in [0.05, 0.1) is 0 Å². The predicted molar refractivity (Wildman–Crippen MR) is 68.9 cm³/mol. The minimum absolute atomic E-state index is 0.158. The van der Waals surface area contributed by atoms with Crippen LogP contribution in [-0.4, -0.2) is 23.9 Å². The lowest BCUT2D eigenvalue weighted by molar-refractivity contribution is -0.274. The maximum Gasteiger partial charge on any atom is 0.573 e. The standard InChI is InChI=1S/C12H16F3N3O2/c13-12(14,15)20-10-5-3-4-9(8-10)17-7-2-1-6-11(16)18-19/h3-5,8,17,19H,1-2,6-7H2,(H2,16,18). The first-order chi connectivity index (χ1) is 9.40. The molecule has 1 rings (SSSR count). The zero-order valence-corrected chi connectivity index (χ0v) is 10.7. The molecule has 0 aliphatic heterocycles. The van der Waals surface area contributed by atoms with E-state index in [-0.39, 0.29) is 11.6 Å². The van der Waals surface area contributed by atoms with E-state index in [1.54, 1.807) is 6.07 Å². The van der Waals surface area contributed by atoms with Crippen LogP contribution in [0.3, 0.4) is 0 Å². The van der Waals surface area contributed by atoms with Gasteiger partial charge in [0, 0.05) is 24.7 Å². The van der Waals surface area contributed by atoms with Crippen molar-refractivity contribution in [3.63, 3.8) is 0 Å². The molecule has 0 heterocycles. The molecule has 0 saturated carbocycles. The summed E-state index contributed by atoms with van der Waals surface area (Å²) in [6.45, 7) is 0.564. The molecular weight excluding hydrogens is 275 g/mol. The van der Waals surface area contributed by atoms with Crippen LogP contribution in [-0.2, 0) is 0 Å². The lowest BCUT2D eigenvalue weighted by Gasteiger charge is -2.11. The Bertz CT molecular complexity index is 450. The fraction of sp³-hybridized carbons (Fsp3) is 0.417. The van der Waals surface area contributed by atoms with E-state index in [0.29, 0.717) is 25.1 Å². The first-order valence-corrected chi connectivity index (χ1v) is 5.97. The molecule has 20 heavy (non-hydrogen) atoms. The Labute approximate surface area is 114 Å². The van der Waals surface area contributed by atoms with E-state index in [0.717, 1.165) is 6.42 Å². The summed E-state index contributed by atoms with van der Waals surface area (Å²) >= 11 is 0. The molecule has 0 atom stereocenters. The van der Waals surface area contributed by atoms with Gasteiger partial charge in [0.25, 0.3) is 0 Å². The normalized spacial score (nSPS) is 12.2. The SMILES string of the molecule is NC(CCCCNc1cccc(OC(F)(F)F)c1)=NO. The summed E-state index contributed by atoms with van der Waals surface area (Å²) in [5.74, 6) is -0.107. The van der Waals surface area contributed by atoms with Gasteiger partial charge < -0.3 is 21.0 Å². The first kappa shape index (κ1) is 15.9. The van der Waals surface area contributed by atoms with Crippen LogP contribution in [0.4, 0.5) is 18.9 Å². The molecule has 0 fully saturated rings. The minimum Gasteiger partial charge on any atom is -0.409 e. The summed E-state index contributed by atoms with van der Waals surface area (Å²) < 4.78 is 40.0. The number of ether oxygens (including phenoxy) is 1. The van der Waals surface area contributed by atoms with E-state index in [4.69, 9.17) is 10.9 Å². The average molecular weight is 291 g/mol. The van der Waals surface area contributed by atoms with Gasteiger partial charge in [-0.05, 0) is 25.0 Å². The number of hydrogen-bond acceptors (Lipinski definition) is 4. The third kappa shape index (κ3) is 6.72. The van der Waals surface area contributed by atoms with E-state index in [1.807, 2.05) is 0 Å². The maximum absolute atomic E-state index is 12.0. The second kappa shape index (κ2) is 7.46. The van der Waals surface area contributed by atoms with E-state index in [2.05, 4.69) is 15.2 Å². The number of rotatable bonds is 7. The molecule has 0 radical (unpaired) electrons. The number of anilines is 1. The molecule has 5 nitrogen and oxygen atoms in total. The third-order valence-electron chi connectivity index (χ3n) is 2.38. The third-order valence-corrected chi connectivity index (χ3v) is 2.38. The molecular formula is C12H16F3N3O2. The lowest BCUT2D eigenvalue weighted by atomic mass is 10.2. The molecule has 112 valence electrons. The van der Waals surface area contributed by atoms with Crippen LogP contribution in [0.15, 0.2) is 29.4 Å². The largest absolute Gasteiger partial charge is 0.573 e. The summed E-state index contributed by atoms with van der Waals surface area (Å²) in [5, 5.41) is 14.1. The van der Waals surface area contributed by atoms with Crippen LogP contribution >= 0.6 is 0 Å². The molecule has 0 unspecified atom stereocenters. The van der Waals surface area contributed by atoms with E-state index < -0.39 is 6.36 Å². The molecule has 0 saturated heterocycles. The Morgan fingerprint density at radius 2 is 2.10 bits per heavy atom. The van der Waals surface area contributed by atoms with Crippen molar-refractivity contribution in [1.29, 1.82) is 0 Å². The van der Waals surface area contributed by atoms with Gasteiger partial charge >= 0.3 is 6.36 Å². The molecule has 0 amide bonds. The highest BCUT2D eigenvalue weighted by Gasteiger charge is 2.31. The van der Waals surface area contributed by atoms with Crippen molar-refractivity contribution in [1.82, 2.24) is 0 Å². The first-order valence-electron chi connectivity index (χ1n) is 5.97. The number of alkyl halides is 3. The van der Waals surface area contributed by atoms with Crippen molar-refractivity contribution in [2.75, 3.05) is 11.9 Å². The summed E-state index contributed by atoms with van der Waals surface area (Å²) in [7, 11) is 0. The van der Waals surface area contributed by atoms with Gasteiger partial charge in [-0.3, -0.25) is 0 Å². The van der Waals surface area contributed by atoms with Crippen LogP contribution in [0.5, 0.6) is 5.75 Å². The number of nitrogens with one attached hydrogen (secondary N) is 1. The summed E-state index contributed by atoms with van der Waals surface area (Å²) in [6, 6.07) is 5.63. The minimum atomic E-state index is -4.69. The molecule has 0 aromatic heterocycles. The Balaban J connectivity index is 2.35. The molecule has 0 aliphatic rings. The molecule has 0 bridgehead atoms. The Hall–Kier alpha value is -2.12. The molecule has 1 aromatic carbocycles. The Morgan fingerprint density at radius 1 is 1.35 bits per heavy atom. The number of oxime groups is 1. The zero-order chi connectivity index (χ0) is 15.0. The summed E-state index contributed by atoms with van der Waals surface area (Å²) in [5.41, 5.74) is 5.84. The summed E-state index contributed by atoms with van der Waals surface area (Å²) in [6.07, 6.45) is -2.78. The van der Waals surface area contributed by atoms with Gasteiger partial charge in [0.2, 0.25) is 0 Å². The highest BCUT2D eigenvalue weighted by molar-refractivity contribution is 5.79. The molecule has 0 spiro atoms. The van der Waals surface area contributed by atoms with Gasteiger partial charge in [-0.1, -0.05) is 11.2 Å². The van der Waals surface area contributed by atoms with Gasteiger partial charge in [-0.2, -0.15) is 0 Å². The van der Waals surface area contributed by atoms with Crippen molar-refractivity contribution in [3.05, 3.63) is 24.3 Å². The van der Waals surface area contributed by atoms with Crippen molar-refractivity contribution in [2.24, 2.45) is 10.9 Å². The molecule has 4 N–H and O–H groups in total. The number of hydrogen-bond donors (Lipinski definition) is 3. The van der Waals surface area contributed by atoms with E-state index in [9.17, 15) is 13.2 Å². The smallest absolute Gasteiger partial charge is 0.409 e.